The number of fused-ring (bicyclic) bond motifs is 1. The van der Waals surface area contributed by atoms with Crippen molar-refractivity contribution < 1.29 is 30.8 Å². The van der Waals surface area contributed by atoms with Gasteiger partial charge in [-0.2, -0.15) is 26.3 Å². The van der Waals surface area contributed by atoms with Gasteiger partial charge >= 0.3 is 18.1 Å². The minimum Gasteiger partial charge on any atom is -0.413 e. The van der Waals surface area contributed by atoms with Gasteiger partial charge in [0.2, 0.25) is 0 Å². The van der Waals surface area contributed by atoms with Gasteiger partial charge in [0.05, 0.1) is 16.8 Å². The second-order valence-corrected chi connectivity index (χ2v) is 7.37. The number of aromatic nitrogens is 2. The summed E-state index contributed by atoms with van der Waals surface area (Å²) in [4.78, 5) is 17.4. The Labute approximate surface area is 176 Å². The Morgan fingerprint density at radius 3 is 2.19 bits per heavy atom. The van der Waals surface area contributed by atoms with Gasteiger partial charge in [0.15, 0.2) is 0 Å². The molecule has 10 heteroatoms. The zero-order valence-corrected chi connectivity index (χ0v) is 16.3. The summed E-state index contributed by atoms with van der Waals surface area (Å²) in [5, 5.41) is 0.924. The lowest BCUT2D eigenvalue weighted by Gasteiger charge is -2.14. The van der Waals surface area contributed by atoms with Gasteiger partial charge in [-0.3, -0.25) is 4.98 Å². The van der Waals surface area contributed by atoms with E-state index in [0.717, 1.165) is 16.5 Å². The van der Waals surface area contributed by atoms with Crippen LogP contribution in [-0.4, -0.2) is 9.97 Å². The van der Waals surface area contributed by atoms with E-state index < -0.39 is 29.2 Å². The predicted octanol–water partition coefficient (Wildman–Crippen LogP) is 5.86. The van der Waals surface area contributed by atoms with Crippen LogP contribution in [0.25, 0.3) is 10.9 Å². The monoisotopic (exact) mass is 454 g/mol. The number of hydrogen-bond acceptors (Lipinski definition) is 2. The minimum absolute atomic E-state index is 0.0466. The van der Waals surface area contributed by atoms with Crippen LogP contribution < -0.4 is 5.76 Å². The average Bonchev–Trinajstić information content (AvgIpc) is 3.28. The molecule has 4 rings (SSSR count). The molecule has 0 aliphatic rings. The highest BCUT2D eigenvalue weighted by molar-refractivity contribution is 5.83. The second kappa shape index (κ2) is 7.92. The SMILES string of the molecule is O=c1[nH]c(Cc2c[nH]c3ccccc23)c(CCc2cc(C(F)(F)F)cc(C(F)(F)F)c2)o1. The number of halogens is 6. The van der Waals surface area contributed by atoms with Gasteiger partial charge in [0.25, 0.3) is 0 Å². The van der Waals surface area contributed by atoms with E-state index in [1.807, 2.05) is 24.3 Å². The maximum atomic E-state index is 13.1. The fourth-order valence-electron chi connectivity index (χ4n) is 3.63. The number of nitrogens with one attached hydrogen (secondary N) is 2. The van der Waals surface area contributed by atoms with Gasteiger partial charge in [-0.1, -0.05) is 18.2 Å². The Morgan fingerprint density at radius 2 is 1.53 bits per heavy atom. The summed E-state index contributed by atoms with van der Waals surface area (Å²) in [5.74, 6) is -0.555. The molecule has 0 aliphatic heterocycles. The largest absolute Gasteiger partial charge is 0.416 e. The first kappa shape index (κ1) is 21.8. The summed E-state index contributed by atoms with van der Waals surface area (Å²) in [6.45, 7) is 0. The third-order valence-electron chi connectivity index (χ3n) is 5.14. The van der Waals surface area contributed by atoms with Crippen LogP contribution in [0.2, 0.25) is 0 Å². The fraction of sp³-hybridized carbons (Fsp3) is 0.227. The number of benzene rings is 2. The molecule has 0 aliphatic carbocycles. The van der Waals surface area contributed by atoms with Crippen molar-refractivity contribution >= 4 is 10.9 Å². The summed E-state index contributed by atoms with van der Waals surface area (Å²) in [6.07, 6.45) is -8.01. The van der Waals surface area contributed by atoms with Gasteiger partial charge in [0.1, 0.15) is 5.76 Å². The zero-order valence-electron chi connectivity index (χ0n) is 16.3. The number of aryl methyl sites for hydroxylation is 2. The molecule has 0 saturated carbocycles. The molecule has 0 radical (unpaired) electrons. The summed E-state index contributed by atoms with van der Waals surface area (Å²) in [5.41, 5.74) is -0.749. The van der Waals surface area contributed by atoms with Gasteiger partial charge in [-0.05, 0) is 41.8 Å². The van der Waals surface area contributed by atoms with E-state index in [-0.39, 0.29) is 36.7 Å². The lowest BCUT2D eigenvalue weighted by molar-refractivity contribution is -0.143. The maximum absolute atomic E-state index is 13.1. The number of alkyl halides is 6. The summed E-state index contributed by atoms with van der Waals surface area (Å²) >= 11 is 0. The van der Waals surface area contributed by atoms with Crippen molar-refractivity contribution in [1.29, 1.82) is 0 Å². The van der Waals surface area contributed by atoms with E-state index in [2.05, 4.69) is 9.97 Å². The molecule has 0 saturated heterocycles. The number of oxazole rings is 1. The Bertz CT molecular complexity index is 1280. The molecule has 2 aromatic carbocycles. The van der Waals surface area contributed by atoms with Crippen LogP contribution in [-0.2, 0) is 31.6 Å². The van der Waals surface area contributed by atoms with E-state index in [9.17, 15) is 31.1 Å². The van der Waals surface area contributed by atoms with Crippen molar-refractivity contribution in [3.05, 3.63) is 92.9 Å². The van der Waals surface area contributed by atoms with Crippen LogP contribution in [0.4, 0.5) is 26.3 Å². The van der Waals surface area contributed by atoms with Crippen molar-refractivity contribution in [2.24, 2.45) is 0 Å². The lowest BCUT2D eigenvalue weighted by Crippen LogP contribution is -2.12. The molecule has 4 aromatic rings. The van der Waals surface area contributed by atoms with Gasteiger partial charge in [-0.25, -0.2) is 4.79 Å². The van der Waals surface area contributed by atoms with Gasteiger partial charge in [0, 0.05) is 29.9 Å². The highest BCUT2D eigenvalue weighted by Crippen LogP contribution is 2.36. The van der Waals surface area contributed by atoms with Crippen molar-refractivity contribution in [3.63, 3.8) is 0 Å². The van der Waals surface area contributed by atoms with Crippen LogP contribution in [0.5, 0.6) is 0 Å². The van der Waals surface area contributed by atoms with E-state index in [1.54, 1.807) is 6.20 Å². The van der Waals surface area contributed by atoms with Crippen molar-refractivity contribution in [2.75, 3.05) is 0 Å². The standard InChI is InChI=1S/C22H16F6N2O2/c23-21(24,25)14-7-12(8-15(10-14)22(26,27)28)5-6-19-18(30-20(31)32-19)9-13-11-29-17-4-2-1-3-16(13)17/h1-4,7-8,10-11,29H,5-6,9H2,(H,30,31). The molecule has 4 nitrogen and oxygen atoms in total. The molecule has 0 atom stereocenters. The molecule has 2 aromatic heterocycles. The predicted molar refractivity (Wildman–Crippen MR) is 104 cm³/mol. The molecular weight excluding hydrogens is 438 g/mol. The summed E-state index contributed by atoms with van der Waals surface area (Å²) in [6, 6.07) is 8.92. The van der Waals surface area contributed by atoms with E-state index in [0.29, 0.717) is 17.8 Å². The molecule has 2 heterocycles. The highest BCUT2D eigenvalue weighted by Gasteiger charge is 2.36. The Morgan fingerprint density at radius 1 is 0.875 bits per heavy atom. The van der Waals surface area contributed by atoms with E-state index >= 15 is 0 Å². The van der Waals surface area contributed by atoms with E-state index in [1.165, 1.54) is 0 Å². The third-order valence-corrected chi connectivity index (χ3v) is 5.14. The normalized spacial score (nSPS) is 12.6. The first-order valence-electron chi connectivity index (χ1n) is 9.55. The van der Waals surface area contributed by atoms with Crippen molar-refractivity contribution in [2.45, 2.75) is 31.6 Å². The molecule has 0 amide bonds. The maximum Gasteiger partial charge on any atom is 0.416 e. The molecule has 0 fully saturated rings. The molecule has 2 N–H and O–H groups in total. The average molecular weight is 454 g/mol. The topological polar surface area (TPSA) is 61.8 Å². The molecule has 0 unspecified atom stereocenters. The Hall–Kier alpha value is -3.43. The van der Waals surface area contributed by atoms with Gasteiger partial charge < -0.3 is 9.40 Å². The zero-order chi connectivity index (χ0) is 23.1. The number of H-pyrrole nitrogens is 2. The summed E-state index contributed by atoms with van der Waals surface area (Å²) < 4.78 is 83.6. The van der Waals surface area contributed by atoms with Crippen LogP contribution in [0.1, 0.15) is 33.7 Å². The highest BCUT2D eigenvalue weighted by atomic mass is 19.4. The van der Waals surface area contributed by atoms with Gasteiger partial charge in [-0.15, -0.1) is 0 Å². The van der Waals surface area contributed by atoms with Crippen LogP contribution in [0, 0.1) is 0 Å². The Kier molecular flexibility index (Phi) is 5.39. The number of para-hydroxylation sites is 1. The fourth-order valence-corrected chi connectivity index (χ4v) is 3.63. The molecule has 0 bridgehead atoms. The Balaban J connectivity index is 1.60. The van der Waals surface area contributed by atoms with E-state index in [4.69, 9.17) is 4.42 Å². The third kappa shape index (κ3) is 4.58. The van der Waals surface area contributed by atoms with Crippen LogP contribution in [0.15, 0.2) is 57.9 Å². The van der Waals surface area contributed by atoms with Crippen LogP contribution >= 0.6 is 0 Å². The number of hydrogen-bond donors (Lipinski definition) is 2. The first-order valence-corrected chi connectivity index (χ1v) is 9.55. The number of aromatic amines is 2. The summed E-state index contributed by atoms with van der Waals surface area (Å²) in [7, 11) is 0. The van der Waals surface area contributed by atoms with Crippen molar-refractivity contribution in [1.82, 2.24) is 9.97 Å². The molecular formula is C22H16F6N2O2. The first-order chi connectivity index (χ1) is 15.0. The number of rotatable bonds is 5. The molecule has 0 spiro atoms. The molecule has 32 heavy (non-hydrogen) atoms. The van der Waals surface area contributed by atoms with Crippen molar-refractivity contribution in [3.8, 4) is 0 Å². The second-order valence-electron chi connectivity index (χ2n) is 7.37. The smallest absolute Gasteiger partial charge is 0.413 e. The minimum atomic E-state index is -4.92. The van der Waals surface area contributed by atoms with Crippen LogP contribution in [0.3, 0.4) is 0 Å². The quantitative estimate of drug-likeness (QED) is 0.371. The lowest BCUT2D eigenvalue weighted by atomic mass is 10.00. The molecule has 168 valence electrons.